The Morgan fingerprint density at radius 1 is 1.35 bits per heavy atom. The van der Waals surface area contributed by atoms with Crippen molar-refractivity contribution in [2.45, 2.75) is 19.4 Å². The molecule has 1 N–H and O–H groups in total. The van der Waals surface area contributed by atoms with Gasteiger partial charge in [-0.1, -0.05) is 17.7 Å². The first-order chi connectivity index (χ1) is 9.34. The number of nitrogens with zero attached hydrogens (tertiary/aromatic N) is 2. The van der Waals surface area contributed by atoms with E-state index in [4.69, 9.17) is 16.9 Å². The van der Waals surface area contributed by atoms with Crippen LogP contribution in [-0.2, 0) is 5.60 Å². The van der Waals surface area contributed by atoms with E-state index in [0.717, 1.165) is 6.20 Å². The lowest BCUT2D eigenvalue weighted by Gasteiger charge is -2.22. The molecule has 0 unspecified atom stereocenters. The van der Waals surface area contributed by atoms with Crippen molar-refractivity contribution < 1.29 is 9.50 Å². The van der Waals surface area contributed by atoms with Crippen molar-refractivity contribution in [2.75, 3.05) is 0 Å². The Kier molecular flexibility index (Phi) is 3.76. The molecule has 0 amide bonds. The Morgan fingerprint density at radius 3 is 2.60 bits per heavy atom. The summed E-state index contributed by atoms with van der Waals surface area (Å²) in [5, 5.41) is 19.3. The number of aliphatic hydroxyl groups is 1. The number of nitriles is 1. The van der Waals surface area contributed by atoms with Gasteiger partial charge in [0.05, 0.1) is 22.4 Å². The molecule has 20 heavy (non-hydrogen) atoms. The highest BCUT2D eigenvalue weighted by atomic mass is 35.5. The fourth-order valence-electron chi connectivity index (χ4n) is 2.05. The van der Waals surface area contributed by atoms with Crippen LogP contribution in [0, 0.1) is 17.1 Å². The molecule has 0 bridgehead atoms. The van der Waals surface area contributed by atoms with Gasteiger partial charge in [0, 0.05) is 17.3 Å². The lowest BCUT2D eigenvalue weighted by Crippen LogP contribution is -2.19. The number of rotatable bonds is 2. The molecule has 0 saturated carbocycles. The SMILES string of the molecule is CC(C)(O)c1c(F)cncc1-c1ccc(C#N)c(Cl)c1. The van der Waals surface area contributed by atoms with Gasteiger partial charge in [-0.05, 0) is 31.5 Å². The zero-order valence-corrected chi connectivity index (χ0v) is 11.7. The van der Waals surface area contributed by atoms with E-state index in [1.807, 2.05) is 6.07 Å². The summed E-state index contributed by atoms with van der Waals surface area (Å²) in [5.41, 5.74) is 0.169. The highest BCUT2D eigenvalue weighted by Gasteiger charge is 2.25. The maximum atomic E-state index is 14.0. The summed E-state index contributed by atoms with van der Waals surface area (Å²) in [4.78, 5) is 3.81. The highest BCUT2D eigenvalue weighted by Crippen LogP contribution is 2.34. The van der Waals surface area contributed by atoms with Gasteiger partial charge < -0.3 is 5.11 Å². The third-order valence-electron chi connectivity index (χ3n) is 2.91. The van der Waals surface area contributed by atoms with E-state index in [9.17, 15) is 9.50 Å². The van der Waals surface area contributed by atoms with Crippen LogP contribution in [0.4, 0.5) is 4.39 Å². The summed E-state index contributed by atoms with van der Waals surface area (Å²) >= 11 is 5.99. The standard InChI is InChI=1S/C15H12ClFN2O/c1-15(2,20)14-11(7-19-8-13(14)17)9-3-4-10(6-18)12(16)5-9/h3-5,7-8,20H,1-2H3. The van der Waals surface area contributed by atoms with Crippen molar-refractivity contribution in [2.24, 2.45) is 0 Å². The minimum absolute atomic E-state index is 0.147. The lowest BCUT2D eigenvalue weighted by molar-refractivity contribution is 0.0750. The summed E-state index contributed by atoms with van der Waals surface area (Å²) in [6.45, 7) is 3.00. The zero-order valence-electron chi connectivity index (χ0n) is 11.0. The number of aromatic nitrogens is 1. The number of benzene rings is 1. The fourth-order valence-corrected chi connectivity index (χ4v) is 2.27. The van der Waals surface area contributed by atoms with Crippen molar-refractivity contribution in [3.8, 4) is 17.2 Å². The third kappa shape index (κ3) is 2.64. The minimum Gasteiger partial charge on any atom is -0.386 e. The van der Waals surface area contributed by atoms with Crippen LogP contribution >= 0.6 is 11.6 Å². The Labute approximate surface area is 121 Å². The maximum Gasteiger partial charge on any atom is 0.148 e. The topological polar surface area (TPSA) is 56.9 Å². The van der Waals surface area contributed by atoms with Gasteiger partial charge in [0.1, 0.15) is 11.9 Å². The van der Waals surface area contributed by atoms with Gasteiger partial charge in [-0.25, -0.2) is 4.39 Å². The van der Waals surface area contributed by atoms with Crippen LogP contribution in [0.2, 0.25) is 5.02 Å². The number of halogens is 2. The second-order valence-electron chi connectivity index (χ2n) is 4.91. The molecule has 0 fully saturated rings. The Morgan fingerprint density at radius 2 is 2.05 bits per heavy atom. The van der Waals surface area contributed by atoms with E-state index in [1.165, 1.54) is 20.0 Å². The monoisotopic (exact) mass is 290 g/mol. The van der Waals surface area contributed by atoms with Crippen molar-refractivity contribution in [1.29, 1.82) is 5.26 Å². The van der Waals surface area contributed by atoms with Crippen LogP contribution in [0.25, 0.3) is 11.1 Å². The van der Waals surface area contributed by atoms with Crippen LogP contribution < -0.4 is 0 Å². The van der Waals surface area contributed by atoms with E-state index >= 15 is 0 Å². The minimum atomic E-state index is -1.36. The highest BCUT2D eigenvalue weighted by molar-refractivity contribution is 6.32. The van der Waals surface area contributed by atoms with E-state index in [1.54, 1.807) is 18.2 Å². The van der Waals surface area contributed by atoms with E-state index in [-0.39, 0.29) is 10.6 Å². The Bertz CT molecular complexity index is 702. The normalized spacial score (nSPS) is 11.2. The summed E-state index contributed by atoms with van der Waals surface area (Å²) in [7, 11) is 0. The van der Waals surface area contributed by atoms with Crippen molar-refractivity contribution in [1.82, 2.24) is 4.98 Å². The molecule has 2 aromatic rings. The second kappa shape index (κ2) is 5.20. The molecule has 0 saturated heterocycles. The maximum absolute atomic E-state index is 14.0. The van der Waals surface area contributed by atoms with Gasteiger partial charge in [-0.2, -0.15) is 5.26 Å². The molecule has 1 heterocycles. The van der Waals surface area contributed by atoms with Gasteiger partial charge >= 0.3 is 0 Å². The molecule has 0 atom stereocenters. The molecule has 5 heteroatoms. The van der Waals surface area contributed by atoms with Gasteiger partial charge in [0.15, 0.2) is 0 Å². The smallest absolute Gasteiger partial charge is 0.148 e. The average molecular weight is 291 g/mol. The number of pyridine rings is 1. The van der Waals surface area contributed by atoms with Gasteiger partial charge in [-0.3, -0.25) is 4.98 Å². The van der Waals surface area contributed by atoms with Crippen molar-refractivity contribution in [3.05, 3.63) is 52.6 Å². The summed E-state index contributed by atoms with van der Waals surface area (Å²) < 4.78 is 14.0. The molecule has 1 aromatic heterocycles. The van der Waals surface area contributed by atoms with E-state index in [0.29, 0.717) is 16.7 Å². The van der Waals surface area contributed by atoms with Crippen LogP contribution in [0.1, 0.15) is 25.0 Å². The molecule has 2 rings (SSSR count). The molecule has 0 radical (unpaired) electrons. The third-order valence-corrected chi connectivity index (χ3v) is 3.22. The van der Waals surface area contributed by atoms with Crippen LogP contribution in [-0.4, -0.2) is 10.1 Å². The fraction of sp³-hybridized carbons (Fsp3) is 0.200. The van der Waals surface area contributed by atoms with Gasteiger partial charge in [0.25, 0.3) is 0 Å². The quantitative estimate of drug-likeness (QED) is 0.918. The first-order valence-electron chi connectivity index (χ1n) is 5.91. The van der Waals surface area contributed by atoms with E-state index < -0.39 is 11.4 Å². The van der Waals surface area contributed by atoms with Crippen LogP contribution in [0.5, 0.6) is 0 Å². The zero-order chi connectivity index (χ0) is 14.9. The lowest BCUT2D eigenvalue weighted by atomic mass is 9.90. The molecule has 0 aliphatic rings. The first kappa shape index (κ1) is 14.4. The largest absolute Gasteiger partial charge is 0.386 e. The first-order valence-corrected chi connectivity index (χ1v) is 6.28. The van der Waals surface area contributed by atoms with Crippen molar-refractivity contribution in [3.63, 3.8) is 0 Å². The van der Waals surface area contributed by atoms with Gasteiger partial charge in [-0.15, -0.1) is 0 Å². The molecule has 0 aliphatic heterocycles. The number of hydrogen-bond donors (Lipinski definition) is 1. The Hall–Kier alpha value is -1.96. The second-order valence-corrected chi connectivity index (χ2v) is 5.32. The van der Waals surface area contributed by atoms with Crippen LogP contribution in [0.3, 0.4) is 0 Å². The molecule has 102 valence electrons. The summed E-state index contributed by atoms with van der Waals surface area (Å²) in [6, 6.07) is 6.72. The molecule has 1 aromatic carbocycles. The van der Waals surface area contributed by atoms with Gasteiger partial charge in [0.2, 0.25) is 0 Å². The van der Waals surface area contributed by atoms with E-state index in [2.05, 4.69) is 4.98 Å². The summed E-state index contributed by atoms with van der Waals surface area (Å²) in [5.74, 6) is -0.588. The molecule has 0 aliphatic carbocycles. The predicted molar refractivity (Wildman–Crippen MR) is 74.6 cm³/mol. The molecule has 0 spiro atoms. The number of hydrogen-bond acceptors (Lipinski definition) is 3. The molecule has 3 nitrogen and oxygen atoms in total. The molecular weight excluding hydrogens is 279 g/mol. The van der Waals surface area contributed by atoms with Crippen molar-refractivity contribution >= 4 is 11.6 Å². The summed E-state index contributed by atoms with van der Waals surface area (Å²) in [6.07, 6.45) is 2.52. The van der Waals surface area contributed by atoms with Crippen LogP contribution in [0.15, 0.2) is 30.6 Å². The average Bonchev–Trinajstić information content (AvgIpc) is 2.36. The predicted octanol–water partition coefficient (Wildman–Crippen LogP) is 3.64. The molecular formula is C15H12ClFN2O. The Balaban J connectivity index is 2.68.